The molecule has 31 heavy (non-hydrogen) atoms. The highest BCUT2D eigenvalue weighted by Crippen LogP contribution is 2.36. The maximum absolute atomic E-state index is 12.6. The summed E-state index contributed by atoms with van der Waals surface area (Å²) in [5.74, 6) is -2.06. The molecular formula is C21H19ClN2O7. The van der Waals surface area contributed by atoms with Crippen molar-refractivity contribution in [2.45, 2.75) is 19.4 Å². The first kappa shape index (κ1) is 22.2. The second-order valence-corrected chi connectivity index (χ2v) is 7.41. The highest BCUT2D eigenvalue weighted by Gasteiger charge is 2.38. The molecule has 162 valence electrons. The standard InChI is InChI=1S/C21H19ClN2O7/c1-12(20(26)13-3-5-15(22)6-4-13)31-21(27)14-9-19(25)23(11-14)17-8-7-16(24(28)29)10-18(17)30-2/h3-8,10,12,14H,9,11H2,1-2H3/t12-,14+/m1/s1. The molecule has 3 rings (SSSR count). The average molecular weight is 447 g/mol. The third kappa shape index (κ3) is 4.83. The van der Waals surface area contributed by atoms with Crippen molar-refractivity contribution < 1.29 is 28.8 Å². The van der Waals surface area contributed by atoms with Crippen molar-refractivity contribution in [1.29, 1.82) is 0 Å². The number of nitro groups is 1. The fourth-order valence-corrected chi connectivity index (χ4v) is 3.40. The van der Waals surface area contributed by atoms with Crippen molar-refractivity contribution in [2.75, 3.05) is 18.6 Å². The monoisotopic (exact) mass is 446 g/mol. The third-order valence-corrected chi connectivity index (χ3v) is 5.17. The number of hydrogen-bond donors (Lipinski definition) is 0. The molecule has 0 spiro atoms. The molecule has 2 aromatic rings. The van der Waals surface area contributed by atoms with Gasteiger partial charge in [-0.15, -0.1) is 0 Å². The number of benzene rings is 2. The number of ether oxygens (including phenoxy) is 2. The Morgan fingerprint density at radius 1 is 1.23 bits per heavy atom. The molecule has 9 nitrogen and oxygen atoms in total. The molecule has 1 saturated heterocycles. The number of nitrogens with zero attached hydrogens (tertiary/aromatic N) is 2. The molecule has 2 atom stereocenters. The smallest absolute Gasteiger partial charge is 0.312 e. The maximum atomic E-state index is 12.6. The predicted octanol–water partition coefficient (Wildman–Crippen LogP) is 3.42. The molecule has 1 aliphatic heterocycles. The summed E-state index contributed by atoms with van der Waals surface area (Å²) in [5, 5.41) is 11.4. The van der Waals surface area contributed by atoms with Gasteiger partial charge < -0.3 is 14.4 Å². The summed E-state index contributed by atoms with van der Waals surface area (Å²) >= 11 is 5.81. The summed E-state index contributed by atoms with van der Waals surface area (Å²) in [5.41, 5.74) is 0.487. The van der Waals surface area contributed by atoms with E-state index in [0.717, 1.165) is 0 Å². The number of carbonyl (C=O) groups is 3. The van der Waals surface area contributed by atoms with Crippen LogP contribution >= 0.6 is 11.6 Å². The number of anilines is 1. The molecule has 0 unspecified atom stereocenters. The van der Waals surface area contributed by atoms with Crippen LogP contribution in [0.15, 0.2) is 42.5 Å². The zero-order valence-electron chi connectivity index (χ0n) is 16.7. The number of amides is 1. The van der Waals surface area contributed by atoms with E-state index in [9.17, 15) is 24.5 Å². The molecule has 0 radical (unpaired) electrons. The lowest BCUT2D eigenvalue weighted by molar-refractivity contribution is -0.384. The van der Waals surface area contributed by atoms with Gasteiger partial charge in [-0.1, -0.05) is 11.6 Å². The van der Waals surface area contributed by atoms with Crippen LogP contribution in [0.5, 0.6) is 5.75 Å². The number of nitro benzene ring substituents is 1. The van der Waals surface area contributed by atoms with Crippen LogP contribution in [-0.4, -0.2) is 42.3 Å². The second kappa shape index (κ2) is 9.13. The number of esters is 1. The van der Waals surface area contributed by atoms with Gasteiger partial charge in [0.15, 0.2) is 6.10 Å². The first-order valence-corrected chi connectivity index (χ1v) is 9.72. The number of carbonyl (C=O) groups excluding carboxylic acids is 3. The Labute approximate surface area is 182 Å². The number of Topliss-reactive ketones (excluding diaryl/α,β-unsaturated/α-hetero) is 1. The zero-order chi connectivity index (χ0) is 22.7. The summed E-state index contributed by atoms with van der Waals surface area (Å²) in [6.45, 7) is 1.47. The van der Waals surface area contributed by atoms with Crippen molar-refractivity contribution >= 4 is 40.6 Å². The van der Waals surface area contributed by atoms with Crippen molar-refractivity contribution in [3.05, 3.63) is 63.2 Å². The third-order valence-electron chi connectivity index (χ3n) is 4.91. The van der Waals surface area contributed by atoms with Gasteiger partial charge in [0.05, 0.1) is 29.7 Å². The van der Waals surface area contributed by atoms with Crippen molar-refractivity contribution in [3.8, 4) is 5.75 Å². The first-order valence-electron chi connectivity index (χ1n) is 9.34. The largest absolute Gasteiger partial charge is 0.494 e. The van der Waals surface area contributed by atoms with Gasteiger partial charge in [0, 0.05) is 29.6 Å². The van der Waals surface area contributed by atoms with Gasteiger partial charge in [-0.25, -0.2) is 0 Å². The lowest BCUT2D eigenvalue weighted by Gasteiger charge is -2.19. The number of halogens is 1. The summed E-state index contributed by atoms with van der Waals surface area (Å²) < 4.78 is 10.5. The zero-order valence-corrected chi connectivity index (χ0v) is 17.5. The van der Waals surface area contributed by atoms with Crippen molar-refractivity contribution in [2.24, 2.45) is 5.92 Å². The molecule has 0 aromatic heterocycles. The minimum atomic E-state index is -1.04. The molecular weight excluding hydrogens is 428 g/mol. The van der Waals surface area contributed by atoms with Gasteiger partial charge in [0.25, 0.3) is 5.69 Å². The average Bonchev–Trinajstić information content (AvgIpc) is 3.14. The molecule has 10 heteroatoms. The lowest BCUT2D eigenvalue weighted by atomic mass is 10.1. The first-order chi connectivity index (χ1) is 14.7. The van der Waals surface area contributed by atoms with Crippen LogP contribution in [0, 0.1) is 16.0 Å². The van der Waals surface area contributed by atoms with E-state index in [1.54, 1.807) is 12.1 Å². The van der Waals surface area contributed by atoms with Gasteiger partial charge in [-0.3, -0.25) is 24.5 Å². The predicted molar refractivity (Wildman–Crippen MR) is 111 cm³/mol. The van der Waals surface area contributed by atoms with E-state index in [1.165, 1.54) is 49.3 Å². The number of rotatable bonds is 7. The van der Waals surface area contributed by atoms with Crippen LogP contribution in [0.1, 0.15) is 23.7 Å². The van der Waals surface area contributed by atoms with Crippen LogP contribution in [0.25, 0.3) is 0 Å². The quantitative estimate of drug-likeness (QED) is 0.277. The Kier molecular flexibility index (Phi) is 6.55. The number of ketones is 1. The Morgan fingerprint density at radius 2 is 1.90 bits per heavy atom. The molecule has 0 saturated carbocycles. The Bertz CT molecular complexity index is 1040. The van der Waals surface area contributed by atoms with E-state index in [4.69, 9.17) is 21.1 Å². The van der Waals surface area contributed by atoms with Gasteiger partial charge in [0.2, 0.25) is 11.7 Å². The van der Waals surface area contributed by atoms with Crippen LogP contribution < -0.4 is 9.64 Å². The SMILES string of the molecule is COc1cc([N+](=O)[O-])ccc1N1C[C@@H](C(=O)O[C@H](C)C(=O)c2ccc(Cl)cc2)CC1=O. The Balaban J connectivity index is 1.69. The topological polar surface area (TPSA) is 116 Å². The highest BCUT2D eigenvalue weighted by atomic mass is 35.5. The molecule has 2 aromatic carbocycles. The highest BCUT2D eigenvalue weighted by molar-refractivity contribution is 6.30. The summed E-state index contributed by atoms with van der Waals surface area (Å²) in [7, 11) is 1.33. The number of methoxy groups -OCH3 is 1. The Morgan fingerprint density at radius 3 is 2.52 bits per heavy atom. The number of non-ortho nitro benzene ring substituents is 1. The van der Waals surface area contributed by atoms with E-state index >= 15 is 0 Å². The van der Waals surface area contributed by atoms with Crippen LogP contribution in [0.2, 0.25) is 5.02 Å². The minimum absolute atomic E-state index is 0.00763. The van der Waals surface area contributed by atoms with E-state index in [2.05, 4.69) is 0 Å². The van der Waals surface area contributed by atoms with E-state index in [0.29, 0.717) is 16.3 Å². The van der Waals surface area contributed by atoms with E-state index in [-0.39, 0.29) is 36.1 Å². The maximum Gasteiger partial charge on any atom is 0.312 e. The normalized spacial score (nSPS) is 16.7. The molecule has 1 fully saturated rings. The van der Waals surface area contributed by atoms with E-state index in [1.807, 2.05) is 0 Å². The summed E-state index contributed by atoms with van der Waals surface area (Å²) in [6.07, 6.45) is -1.15. The fraction of sp³-hybridized carbons (Fsp3) is 0.286. The fourth-order valence-electron chi connectivity index (χ4n) is 3.27. The van der Waals surface area contributed by atoms with E-state index < -0.39 is 22.9 Å². The van der Waals surface area contributed by atoms with Gasteiger partial charge in [-0.05, 0) is 37.3 Å². The molecule has 0 N–H and O–H groups in total. The minimum Gasteiger partial charge on any atom is -0.494 e. The van der Waals surface area contributed by atoms with Crippen LogP contribution in [0.4, 0.5) is 11.4 Å². The molecule has 1 amide bonds. The second-order valence-electron chi connectivity index (χ2n) is 6.97. The van der Waals surface area contributed by atoms with Crippen molar-refractivity contribution in [3.63, 3.8) is 0 Å². The summed E-state index contributed by atoms with van der Waals surface area (Å²) in [4.78, 5) is 49.2. The van der Waals surface area contributed by atoms with Crippen LogP contribution in [0.3, 0.4) is 0 Å². The molecule has 0 bridgehead atoms. The van der Waals surface area contributed by atoms with Gasteiger partial charge in [0.1, 0.15) is 5.75 Å². The van der Waals surface area contributed by atoms with Gasteiger partial charge >= 0.3 is 5.97 Å². The molecule has 0 aliphatic carbocycles. The van der Waals surface area contributed by atoms with Crippen molar-refractivity contribution in [1.82, 2.24) is 0 Å². The van der Waals surface area contributed by atoms with Gasteiger partial charge in [-0.2, -0.15) is 0 Å². The van der Waals surface area contributed by atoms with Crippen LogP contribution in [-0.2, 0) is 14.3 Å². The summed E-state index contributed by atoms with van der Waals surface area (Å²) in [6, 6.07) is 10.1. The molecule has 1 aliphatic rings. The Hall–Kier alpha value is -3.46. The number of hydrogen-bond acceptors (Lipinski definition) is 7. The molecule has 1 heterocycles. The lowest BCUT2D eigenvalue weighted by Crippen LogP contribution is -2.30.